The number of nitrogens with one attached hydrogen (secondary N) is 1. The van der Waals surface area contributed by atoms with Crippen molar-refractivity contribution >= 4 is 23.5 Å². The van der Waals surface area contributed by atoms with Crippen molar-refractivity contribution in [2.45, 2.75) is 19.3 Å². The Bertz CT molecular complexity index is 149. The van der Waals surface area contributed by atoms with E-state index in [9.17, 15) is 9.59 Å². The number of hydrogen-bond donors (Lipinski definition) is 2. The average Bonchev–Trinajstić information content (AvgIpc) is 1.87. The molecule has 0 fully saturated rings. The number of amides is 1. The first-order valence-electron chi connectivity index (χ1n) is 3.21. The van der Waals surface area contributed by atoms with E-state index in [2.05, 4.69) is 5.32 Å². The second kappa shape index (κ2) is 5.97. The minimum Gasteiger partial charge on any atom is -0.481 e. The quantitative estimate of drug-likeness (QED) is 0.479. The van der Waals surface area contributed by atoms with E-state index in [1.54, 1.807) is 0 Å². The van der Waals surface area contributed by atoms with Crippen molar-refractivity contribution in [3.05, 3.63) is 0 Å². The van der Waals surface area contributed by atoms with E-state index in [-0.39, 0.29) is 24.8 Å². The zero-order chi connectivity index (χ0) is 8.69. The van der Waals surface area contributed by atoms with E-state index < -0.39 is 5.97 Å². The van der Waals surface area contributed by atoms with Crippen LogP contribution < -0.4 is 5.32 Å². The number of alkyl halides is 1. The maximum atomic E-state index is 10.6. The molecule has 0 aromatic carbocycles. The first kappa shape index (κ1) is 10.2. The molecule has 0 aromatic heterocycles. The molecule has 0 bridgehead atoms. The highest BCUT2D eigenvalue weighted by Crippen LogP contribution is 1.94. The monoisotopic (exact) mass is 179 g/mol. The molecule has 4 nitrogen and oxygen atoms in total. The molecule has 2 N–H and O–H groups in total. The van der Waals surface area contributed by atoms with E-state index in [1.807, 2.05) is 0 Å². The summed E-state index contributed by atoms with van der Waals surface area (Å²) in [6.45, 7) is 0. The van der Waals surface area contributed by atoms with Gasteiger partial charge in [-0.3, -0.25) is 9.59 Å². The number of aliphatic carboxylic acids is 1. The van der Waals surface area contributed by atoms with Gasteiger partial charge in [-0.25, -0.2) is 0 Å². The van der Waals surface area contributed by atoms with Gasteiger partial charge >= 0.3 is 5.97 Å². The number of halogens is 1. The fraction of sp³-hybridized carbons (Fsp3) is 0.667. The minimum absolute atomic E-state index is 0.0235. The summed E-state index contributed by atoms with van der Waals surface area (Å²) >= 11 is 5.19. The van der Waals surface area contributed by atoms with Crippen molar-refractivity contribution in [3.8, 4) is 0 Å². The lowest BCUT2D eigenvalue weighted by Gasteiger charge is -1.97. The summed E-state index contributed by atoms with van der Waals surface area (Å²) in [4.78, 5) is 20.6. The minimum atomic E-state index is -0.885. The van der Waals surface area contributed by atoms with Crippen molar-refractivity contribution in [1.29, 1.82) is 0 Å². The van der Waals surface area contributed by atoms with Crippen molar-refractivity contribution in [2.75, 3.05) is 6.00 Å². The Balaban J connectivity index is 3.24. The predicted octanol–water partition coefficient (Wildman–Crippen LogP) is 0.554. The van der Waals surface area contributed by atoms with E-state index in [1.165, 1.54) is 0 Å². The molecule has 0 aliphatic rings. The highest BCUT2D eigenvalue weighted by Gasteiger charge is 2.01. The van der Waals surface area contributed by atoms with Crippen LogP contribution in [0.3, 0.4) is 0 Å². The van der Waals surface area contributed by atoms with E-state index in [0.717, 1.165) is 0 Å². The Morgan fingerprint density at radius 3 is 2.45 bits per heavy atom. The largest absolute Gasteiger partial charge is 0.481 e. The Kier molecular flexibility index (Phi) is 5.56. The van der Waals surface area contributed by atoms with Gasteiger partial charge in [0.15, 0.2) is 0 Å². The number of carboxylic acid groups (broad SMARTS) is 1. The van der Waals surface area contributed by atoms with Gasteiger partial charge in [0.05, 0.1) is 6.00 Å². The van der Waals surface area contributed by atoms with Crippen LogP contribution in [0.4, 0.5) is 0 Å². The lowest BCUT2D eigenvalue weighted by atomic mass is 10.2. The van der Waals surface area contributed by atoms with Gasteiger partial charge in [0.25, 0.3) is 0 Å². The fourth-order valence-electron chi connectivity index (χ4n) is 0.563. The number of rotatable bonds is 5. The Morgan fingerprint density at radius 1 is 1.36 bits per heavy atom. The molecule has 11 heavy (non-hydrogen) atoms. The summed E-state index contributed by atoms with van der Waals surface area (Å²) < 4.78 is 0. The third-order valence-corrected chi connectivity index (χ3v) is 1.19. The average molecular weight is 180 g/mol. The maximum Gasteiger partial charge on any atom is 0.303 e. The molecule has 1 amide bonds. The van der Waals surface area contributed by atoms with Gasteiger partial charge in [0, 0.05) is 12.8 Å². The number of carbonyl (C=O) groups excluding carboxylic acids is 1. The van der Waals surface area contributed by atoms with Crippen LogP contribution in [0.5, 0.6) is 0 Å². The molecular weight excluding hydrogens is 170 g/mol. The normalized spacial score (nSPS) is 9.18. The summed E-state index contributed by atoms with van der Waals surface area (Å²) in [5, 5.41) is 10.6. The van der Waals surface area contributed by atoms with Crippen LogP contribution >= 0.6 is 11.6 Å². The lowest BCUT2D eigenvalue weighted by Crippen LogP contribution is -2.21. The molecule has 0 atom stereocenters. The Morgan fingerprint density at radius 2 is 2.00 bits per heavy atom. The van der Waals surface area contributed by atoms with E-state index in [4.69, 9.17) is 16.7 Å². The Hall–Kier alpha value is -0.770. The Labute approximate surface area is 69.5 Å². The number of carboxylic acids is 1. The van der Waals surface area contributed by atoms with Crippen LogP contribution in [0.25, 0.3) is 0 Å². The molecule has 0 rings (SSSR count). The lowest BCUT2D eigenvalue weighted by molar-refractivity contribution is -0.137. The number of hydrogen-bond acceptors (Lipinski definition) is 2. The zero-order valence-electron chi connectivity index (χ0n) is 5.97. The van der Waals surface area contributed by atoms with E-state index >= 15 is 0 Å². The molecule has 0 aromatic rings. The molecule has 0 radical (unpaired) electrons. The smallest absolute Gasteiger partial charge is 0.303 e. The molecule has 0 aliphatic heterocycles. The first-order valence-corrected chi connectivity index (χ1v) is 3.74. The van der Waals surface area contributed by atoms with Crippen molar-refractivity contribution in [3.63, 3.8) is 0 Å². The third kappa shape index (κ3) is 7.12. The molecule has 0 saturated heterocycles. The summed E-state index contributed by atoms with van der Waals surface area (Å²) in [6, 6.07) is 0.0753. The van der Waals surface area contributed by atoms with Gasteiger partial charge in [0.1, 0.15) is 0 Å². The van der Waals surface area contributed by atoms with Gasteiger partial charge in [-0.2, -0.15) is 0 Å². The third-order valence-electron chi connectivity index (χ3n) is 1.06. The molecule has 0 aliphatic carbocycles. The highest BCUT2D eigenvalue weighted by molar-refractivity contribution is 6.18. The first-order chi connectivity index (χ1) is 5.16. The van der Waals surface area contributed by atoms with Crippen molar-refractivity contribution in [1.82, 2.24) is 5.32 Å². The van der Waals surface area contributed by atoms with Gasteiger partial charge < -0.3 is 10.4 Å². The SMILES string of the molecule is O=C(O)CCCC(=O)NCCl. The van der Waals surface area contributed by atoms with Gasteiger partial charge in [0.2, 0.25) is 5.91 Å². The van der Waals surface area contributed by atoms with Crippen LogP contribution in [0.15, 0.2) is 0 Å². The van der Waals surface area contributed by atoms with Crippen LogP contribution in [0.2, 0.25) is 0 Å². The van der Waals surface area contributed by atoms with Crippen LogP contribution in [-0.4, -0.2) is 23.0 Å². The fourth-order valence-corrected chi connectivity index (χ4v) is 0.712. The summed E-state index contributed by atoms with van der Waals surface area (Å²) in [5.74, 6) is -1.09. The molecule has 0 spiro atoms. The molecular formula is C6H10ClNO3. The predicted molar refractivity (Wildman–Crippen MR) is 40.3 cm³/mol. The van der Waals surface area contributed by atoms with Gasteiger partial charge in [-0.15, -0.1) is 11.6 Å². The van der Waals surface area contributed by atoms with Gasteiger partial charge in [-0.05, 0) is 6.42 Å². The molecule has 5 heteroatoms. The topological polar surface area (TPSA) is 66.4 Å². The van der Waals surface area contributed by atoms with Gasteiger partial charge in [-0.1, -0.05) is 0 Å². The standard InChI is InChI=1S/C6H10ClNO3/c7-4-8-5(9)2-1-3-6(10)11/h1-4H2,(H,8,9)(H,10,11). The zero-order valence-corrected chi connectivity index (χ0v) is 6.73. The van der Waals surface area contributed by atoms with E-state index in [0.29, 0.717) is 6.42 Å². The maximum absolute atomic E-state index is 10.6. The summed E-state index contributed by atoms with van der Waals surface area (Å²) in [5.41, 5.74) is 0. The summed E-state index contributed by atoms with van der Waals surface area (Å²) in [6.07, 6.45) is 0.604. The highest BCUT2D eigenvalue weighted by atomic mass is 35.5. The molecule has 0 saturated carbocycles. The molecule has 0 unspecified atom stereocenters. The van der Waals surface area contributed by atoms with Crippen molar-refractivity contribution < 1.29 is 14.7 Å². The second-order valence-corrected chi connectivity index (χ2v) is 2.25. The molecule has 64 valence electrons. The molecule has 0 heterocycles. The van der Waals surface area contributed by atoms with Crippen LogP contribution in [0.1, 0.15) is 19.3 Å². The van der Waals surface area contributed by atoms with Crippen LogP contribution in [0, 0.1) is 0 Å². The summed E-state index contributed by atoms with van der Waals surface area (Å²) in [7, 11) is 0. The second-order valence-electron chi connectivity index (χ2n) is 1.98. The number of carbonyl (C=O) groups is 2. The van der Waals surface area contributed by atoms with Crippen molar-refractivity contribution in [2.24, 2.45) is 0 Å². The van der Waals surface area contributed by atoms with Crippen LogP contribution in [-0.2, 0) is 9.59 Å².